The second kappa shape index (κ2) is 7.73. The average molecular weight is 371 g/mol. The molecule has 1 aliphatic heterocycles. The molecule has 0 spiro atoms. The largest absolute Gasteiger partial charge is 0.495 e. The molecule has 1 N–H and O–H groups in total. The van der Waals surface area contributed by atoms with Crippen molar-refractivity contribution in [1.82, 2.24) is 9.88 Å². The molecule has 0 unspecified atom stereocenters. The number of hydrogen-bond donors (Lipinski definition) is 1. The van der Waals surface area contributed by atoms with Gasteiger partial charge in [0.15, 0.2) is 0 Å². The Hall–Kier alpha value is -2.96. The molecule has 2 heterocycles. The number of ether oxygens (including phenoxy) is 2. The molecule has 1 saturated heterocycles. The zero-order chi connectivity index (χ0) is 19.6. The van der Waals surface area contributed by atoms with Crippen LogP contribution in [0.15, 0.2) is 24.3 Å². The lowest BCUT2D eigenvalue weighted by Crippen LogP contribution is -2.49. The Morgan fingerprint density at radius 2 is 1.70 bits per heavy atom. The van der Waals surface area contributed by atoms with Gasteiger partial charge in [-0.05, 0) is 31.5 Å². The number of nitrogens with zero attached hydrogens (tertiary/aromatic N) is 2. The van der Waals surface area contributed by atoms with E-state index in [9.17, 15) is 9.59 Å². The topological polar surface area (TPSA) is 74.9 Å². The highest BCUT2D eigenvalue weighted by Crippen LogP contribution is 2.29. The predicted molar refractivity (Wildman–Crippen MR) is 103 cm³/mol. The molecular weight excluding hydrogens is 346 g/mol. The summed E-state index contributed by atoms with van der Waals surface area (Å²) in [4.78, 5) is 32.0. The van der Waals surface area contributed by atoms with Crippen molar-refractivity contribution in [2.45, 2.75) is 13.8 Å². The van der Waals surface area contributed by atoms with Gasteiger partial charge < -0.3 is 24.3 Å². The molecule has 7 heteroatoms. The summed E-state index contributed by atoms with van der Waals surface area (Å²) >= 11 is 0. The van der Waals surface area contributed by atoms with Gasteiger partial charge in [-0.1, -0.05) is 12.1 Å². The van der Waals surface area contributed by atoms with E-state index in [1.807, 2.05) is 29.2 Å². The van der Waals surface area contributed by atoms with E-state index in [0.717, 1.165) is 11.4 Å². The smallest absolute Gasteiger partial charge is 0.339 e. The lowest BCUT2D eigenvalue weighted by atomic mass is 10.1. The first-order chi connectivity index (χ1) is 13.0. The minimum absolute atomic E-state index is 0.0922. The lowest BCUT2D eigenvalue weighted by Gasteiger charge is -2.36. The van der Waals surface area contributed by atoms with Gasteiger partial charge in [0, 0.05) is 31.9 Å². The van der Waals surface area contributed by atoms with Gasteiger partial charge in [0.25, 0.3) is 5.91 Å². The molecular formula is C20H25N3O4. The molecule has 1 amide bonds. The maximum absolute atomic E-state index is 13.0. The lowest BCUT2D eigenvalue weighted by molar-refractivity contribution is 0.0599. The number of anilines is 1. The van der Waals surface area contributed by atoms with Crippen molar-refractivity contribution in [2.75, 3.05) is 45.3 Å². The number of aromatic nitrogens is 1. The number of methoxy groups -OCH3 is 2. The summed E-state index contributed by atoms with van der Waals surface area (Å²) in [6.45, 7) is 6.18. The molecule has 0 bridgehead atoms. The highest BCUT2D eigenvalue weighted by molar-refractivity contribution is 6.00. The fourth-order valence-electron chi connectivity index (χ4n) is 3.57. The van der Waals surface area contributed by atoms with Crippen molar-refractivity contribution in [1.29, 1.82) is 0 Å². The Balaban J connectivity index is 1.73. The van der Waals surface area contributed by atoms with Crippen LogP contribution >= 0.6 is 0 Å². The minimum Gasteiger partial charge on any atom is -0.495 e. The molecule has 27 heavy (non-hydrogen) atoms. The first kappa shape index (κ1) is 18.8. The van der Waals surface area contributed by atoms with Crippen molar-refractivity contribution in [3.63, 3.8) is 0 Å². The van der Waals surface area contributed by atoms with Crippen molar-refractivity contribution >= 4 is 17.6 Å². The number of piperazine rings is 1. The predicted octanol–water partition coefficient (Wildman–Crippen LogP) is 2.39. The van der Waals surface area contributed by atoms with Crippen LogP contribution in [-0.4, -0.2) is 62.2 Å². The van der Waals surface area contributed by atoms with Crippen molar-refractivity contribution in [3.05, 3.63) is 46.8 Å². The summed E-state index contributed by atoms with van der Waals surface area (Å²) in [6, 6.07) is 7.88. The number of esters is 1. The van der Waals surface area contributed by atoms with E-state index in [2.05, 4.69) is 9.88 Å². The van der Waals surface area contributed by atoms with Crippen LogP contribution in [0, 0.1) is 13.8 Å². The minimum atomic E-state index is -0.429. The molecule has 3 rings (SSSR count). The van der Waals surface area contributed by atoms with Gasteiger partial charge in [0.2, 0.25) is 0 Å². The zero-order valence-corrected chi connectivity index (χ0v) is 16.2. The Morgan fingerprint density at radius 1 is 1.04 bits per heavy atom. The average Bonchev–Trinajstić information content (AvgIpc) is 3.01. The van der Waals surface area contributed by atoms with Gasteiger partial charge in [0.05, 0.1) is 25.5 Å². The van der Waals surface area contributed by atoms with Gasteiger partial charge in [-0.3, -0.25) is 4.79 Å². The Morgan fingerprint density at radius 3 is 2.33 bits per heavy atom. The summed E-state index contributed by atoms with van der Waals surface area (Å²) in [7, 11) is 3.00. The third-order valence-corrected chi connectivity index (χ3v) is 5.03. The van der Waals surface area contributed by atoms with Crippen LogP contribution in [0.4, 0.5) is 5.69 Å². The normalized spacial score (nSPS) is 14.2. The third-order valence-electron chi connectivity index (χ3n) is 5.03. The molecule has 1 aromatic heterocycles. The van der Waals surface area contributed by atoms with Gasteiger partial charge in [0.1, 0.15) is 11.4 Å². The van der Waals surface area contributed by atoms with E-state index in [-0.39, 0.29) is 5.91 Å². The van der Waals surface area contributed by atoms with Crippen LogP contribution in [-0.2, 0) is 4.74 Å². The SMILES string of the molecule is COC(=O)c1c(C)[nH]c(C(=O)N2CCN(c3ccccc3OC)CC2)c1C. The number of benzene rings is 1. The number of H-pyrrole nitrogens is 1. The fourth-order valence-corrected chi connectivity index (χ4v) is 3.57. The van der Waals surface area contributed by atoms with Crippen LogP contribution in [0.1, 0.15) is 32.1 Å². The standard InChI is InChI=1S/C20H25N3O4/c1-13-17(20(25)27-4)14(2)21-18(13)19(24)23-11-9-22(10-12-23)15-7-5-6-8-16(15)26-3/h5-8,21H,9-12H2,1-4H3. The van der Waals surface area contributed by atoms with Gasteiger partial charge >= 0.3 is 5.97 Å². The summed E-state index contributed by atoms with van der Waals surface area (Å²) < 4.78 is 10.3. The van der Waals surface area contributed by atoms with E-state index in [1.54, 1.807) is 21.0 Å². The summed E-state index contributed by atoms with van der Waals surface area (Å²) in [5.74, 6) is 0.308. The van der Waals surface area contributed by atoms with Gasteiger partial charge in [-0.25, -0.2) is 4.79 Å². The third kappa shape index (κ3) is 3.49. The van der Waals surface area contributed by atoms with E-state index >= 15 is 0 Å². The quantitative estimate of drug-likeness (QED) is 0.836. The van der Waals surface area contributed by atoms with Crippen molar-refractivity contribution in [2.24, 2.45) is 0 Å². The summed E-state index contributed by atoms with van der Waals surface area (Å²) in [5.41, 5.74) is 3.21. The first-order valence-electron chi connectivity index (χ1n) is 8.92. The molecule has 2 aromatic rings. The van der Waals surface area contributed by atoms with E-state index in [0.29, 0.717) is 48.7 Å². The molecule has 0 saturated carbocycles. The molecule has 144 valence electrons. The highest BCUT2D eigenvalue weighted by atomic mass is 16.5. The highest BCUT2D eigenvalue weighted by Gasteiger charge is 2.28. The second-order valence-corrected chi connectivity index (χ2v) is 6.57. The molecule has 0 atom stereocenters. The molecule has 1 fully saturated rings. The zero-order valence-electron chi connectivity index (χ0n) is 16.2. The molecule has 0 radical (unpaired) electrons. The molecule has 7 nitrogen and oxygen atoms in total. The number of aryl methyl sites for hydroxylation is 1. The Kier molecular flexibility index (Phi) is 5.39. The van der Waals surface area contributed by atoms with Crippen LogP contribution in [0.3, 0.4) is 0 Å². The monoisotopic (exact) mass is 371 g/mol. The van der Waals surface area contributed by atoms with Crippen LogP contribution < -0.4 is 9.64 Å². The number of aromatic amines is 1. The summed E-state index contributed by atoms with van der Waals surface area (Å²) in [5, 5.41) is 0. The Bertz CT molecular complexity index is 851. The number of nitrogens with one attached hydrogen (secondary N) is 1. The number of carbonyl (C=O) groups excluding carboxylic acids is 2. The molecule has 0 aliphatic carbocycles. The van der Waals surface area contributed by atoms with E-state index < -0.39 is 5.97 Å². The van der Waals surface area contributed by atoms with Crippen LogP contribution in [0.2, 0.25) is 0 Å². The Labute approximate surface area is 158 Å². The van der Waals surface area contributed by atoms with Crippen molar-refractivity contribution in [3.8, 4) is 5.75 Å². The molecule has 1 aromatic carbocycles. The number of amides is 1. The van der Waals surface area contributed by atoms with Crippen molar-refractivity contribution < 1.29 is 19.1 Å². The number of hydrogen-bond acceptors (Lipinski definition) is 5. The summed E-state index contributed by atoms with van der Waals surface area (Å²) in [6.07, 6.45) is 0. The maximum atomic E-state index is 13.0. The van der Waals surface area contributed by atoms with Crippen LogP contribution in [0.5, 0.6) is 5.75 Å². The number of rotatable bonds is 4. The van der Waals surface area contributed by atoms with E-state index in [1.165, 1.54) is 7.11 Å². The van der Waals surface area contributed by atoms with E-state index in [4.69, 9.17) is 9.47 Å². The second-order valence-electron chi connectivity index (χ2n) is 6.57. The maximum Gasteiger partial charge on any atom is 0.339 e. The first-order valence-corrected chi connectivity index (χ1v) is 8.92. The van der Waals surface area contributed by atoms with Gasteiger partial charge in [-0.2, -0.15) is 0 Å². The van der Waals surface area contributed by atoms with Gasteiger partial charge in [-0.15, -0.1) is 0 Å². The number of carbonyl (C=O) groups is 2. The fraction of sp³-hybridized carbons (Fsp3) is 0.400. The molecule has 1 aliphatic rings. The van der Waals surface area contributed by atoms with Crippen LogP contribution in [0.25, 0.3) is 0 Å². The number of para-hydroxylation sites is 2.